The molecule has 1 heterocycles. The van der Waals surface area contributed by atoms with Gasteiger partial charge in [0.2, 0.25) is 0 Å². The molecule has 106 valence electrons. The van der Waals surface area contributed by atoms with Gasteiger partial charge in [-0.2, -0.15) is 0 Å². The first-order chi connectivity index (χ1) is 9.28. The van der Waals surface area contributed by atoms with Gasteiger partial charge >= 0.3 is 0 Å². The molecule has 0 aromatic carbocycles. The van der Waals surface area contributed by atoms with Crippen LogP contribution < -0.4 is 10.6 Å². The van der Waals surface area contributed by atoms with Crippen molar-refractivity contribution in [2.24, 2.45) is 10.4 Å². The molecule has 1 aliphatic rings. The number of hydrogen-bond donors (Lipinski definition) is 2. The highest BCUT2D eigenvalue weighted by molar-refractivity contribution is 5.79. The fraction of sp³-hybridized carbons (Fsp3) is 0.714. The second-order valence-corrected chi connectivity index (χ2v) is 5.25. The lowest BCUT2D eigenvalue weighted by atomic mass is 9.67. The van der Waals surface area contributed by atoms with Gasteiger partial charge in [0.05, 0.1) is 6.54 Å². The van der Waals surface area contributed by atoms with Gasteiger partial charge in [-0.1, -0.05) is 18.5 Å². The minimum absolute atomic E-state index is 0.490. The van der Waals surface area contributed by atoms with E-state index in [1.54, 1.807) is 6.26 Å². The van der Waals surface area contributed by atoms with Gasteiger partial charge in [0.15, 0.2) is 5.96 Å². The minimum atomic E-state index is 0.490. The molecule has 1 aromatic rings. The summed E-state index contributed by atoms with van der Waals surface area (Å²) in [6, 6.07) is 1.84. The number of aliphatic imine (C=N–C) groups is 1. The summed E-state index contributed by atoms with van der Waals surface area (Å²) in [4.78, 5) is 4.52. The molecule has 0 atom stereocenters. The van der Waals surface area contributed by atoms with Crippen molar-refractivity contribution in [1.29, 1.82) is 0 Å². The molecule has 2 rings (SSSR count). The number of nitrogens with zero attached hydrogens (tertiary/aromatic N) is 2. The van der Waals surface area contributed by atoms with E-state index < -0.39 is 0 Å². The summed E-state index contributed by atoms with van der Waals surface area (Å²) >= 11 is 0. The third kappa shape index (κ3) is 3.72. The van der Waals surface area contributed by atoms with E-state index in [1.165, 1.54) is 25.7 Å². The predicted molar refractivity (Wildman–Crippen MR) is 75.9 cm³/mol. The van der Waals surface area contributed by atoms with Crippen molar-refractivity contribution in [1.82, 2.24) is 15.8 Å². The van der Waals surface area contributed by atoms with E-state index in [0.29, 0.717) is 12.0 Å². The molecule has 0 aliphatic heterocycles. The molecule has 1 saturated carbocycles. The Bertz CT molecular complexity index is 390. The Morgan fingerprint density at radius 1 is 1.42 bits per heavy atom. The Morgan fingerprint density at radius 3 is 2.79 bits per heavy atom. The fourth-order valence-corrected chi connectivity index (χ4v) is 2.42. The first-order valence-corrected chi connectivity index (χ1v) is 7.19. The summed E-state index contributed by atoms with van der Waals surface area (Å²) in [6.45, 7) is 6.77. The van der Waals surface area contributed by atoms with Crippen LogP contribution in [0.3, 0.4) is 0 Å². The van der Waals surface area contributed by atoms with Crippen molar-refractivity contribution in [2.75, 3.05) is 13.1 Å². The Labute approximate surface area is 114 Å². The maximum absolute atomic E-state index is 4.80. The van der Waals surface area contributed by atoms with Gasteiger partial charge in [0.25, 0.3) is 0 Å². The zero-order chi connectivity index (χ0) is 13.6. The number of guanidine groups is 1. The lowest BCUT2D eigenvalue weighted by Gasteiger charge is -2.41. The Kier molecular flexibility index (Phi) is 4.82. The standard InChI is InChI=1S/C14H24N4O/c1-3-14(7-5-8-14)11-17-13(15-4-2)16-10-12-6-9-19-18-12/h6,9H,3-5,7-8,10-11H2,1-2H3,(H2,15,16,17). The van der Waals surface area contributed by atoms with Crippen molar-refractivity contribution < 1.29 is 4.52 Å². The average molecular weight is 264 g/mol. The lowest BCUT2D eigenvalue weighted by molar-refractivity contribution is 0.131. The van der Waals surface area contributed by atoms with Crippen LogP contribution >= 0.6 is 0 Å². The fourth-order valence-electron chi connectivity index (χ4n) is 2.42. The first kappa shape index (κ1) is 13.9. The molecule has 0 radical (unpaired) electrons. The molecule has 0 amide bonds. The largest absolute Gasteiger partial charge is 0.364 e. The molecule has 0 saturated heterocycles. The predicted octanol–water partition coefficient (Wildman–Crippen LogP) is 2.31. The van der Waals surface area contributed by atoms with Gasteiger partial charge in [-0.05, 0) is 31.6 Å². The molecule has 0 spiro atoms. The molecule has 2 N–H and O–H groups in total. The van der Waals surface area contributed by atoms with Crippen LogP contribution in [0.25, 0.3) is 0 Å². The highest BCUT2D eigenvalue weighted by atomic mass is 16.5. The summed E-state index contributed by atoms with van der Waals surface area (Å²) in [5, 5.41) is 10.6. The van der Waals surface area contributed by atoms with Gasteiger partial charge in [0, 0.05) is 19.2 Å². The summed E-state index contributed by atoms with van der Waals surface area (Å²) < 4.78 is 4.80. The monoisotopic (exact) mass is 264 g/mol. The summed E-state index contributed by atoms with van der Waals surface area (Å²) in [5.74, 6) is 0.866. The first-order valence-electron chi connectivity index (χ1n) is 7.19. The van der Waals surface area contributed by atoms with Crippen LogP contribution in [-0.4, -0.2) is 24.2 Å². The van der Waals surface area contributed by atoms with E-state index in [2.05, 4.69) is 34.6 Å². The molecule has 1 fully saturated rings. The quantitative estimate of drug-likeness (QED) is 0.611. The number of hydrogen-bond acceptors (Lipinski definition) is 3. The molecule has 5 heteroatoms. The molecule has 1 aliphatic carbocycles. The number of aromatic nitrogens is 1. The van der Waals surface area contributed by atoms with E-state index in [4.69, 9.17) is 4.52 Å². The molecule has 19 heavy (non-hydrogen) atoms. The van der Waals surface area contributed by atoms with E-state index in [0.717, 1.165) is 24.7 Å². The lowest BCUT2D eigenvalue weighted by Crippen LogP contribution is -2.46. The highest BCUT2D eigenvalue weighted by Crippen LogP contribution is 2.42. The summed E-state index contributed by atoms with van der Waals surface area (Å²) in [7, 11) is 0. The number of rotatable bonds is 6. The third-order valence-corrected chi connectivity index (χ3v) is 4.03. The molecule has 0 bridgehead atoms. The van der Waals surface area contributed by atoms with Gasteiger partial charge in [-0.3, -0.25) is 0 Å². The molecular weight excluding hydrogens is 240 g/mol. The SMILES string of the molecule is CCNC(=NCc1ccon1)NCC1(CC)CCC1. The van der Waals surface area contributed by atoms with Gasteiger partial charge in [-0.25, -0.2) is 4.99 Å². The van der Waals surface area contributed by atoms with Crippen LogP contribution in [-0.2, 0) is 6.54 Å². The Morgan fingerprint density at radius 2 is 2.26 bits per heavy atom. The topological polar surface area (TPSA) is 62.5 Å². The van der Waals surface area contributed by atoms with Crippen LogP contribution in [0.1, 0.15) is 45.2 Å². The minimum Gasteiger partial charge on any atom is -0.364 e. The second kappa shape index (κ2) is 6.59. The number of nitrogens with one attached hydrogen (secondary N) is 2. The van der Waals surface area contributed by atoms with Crippen LogP contribution in [0.5, 0.6) is 0 Å². The molecular formula is C14H24N4O. The normalized spacial score (nSPS) is 17.9. The zero-order valence-electron chi connectivity index (χ0n) is 11.9. The summed E-state index contributed by atoms with van der Waals surface area (Å²) in [6.07, 6.45) is 6.84. The van der Waals surface area contributed by atoms with Crippen molar-refractivity contribution in [2.45, 2.75) is 46.1 Å². The maximum atomic E-state index is 4.80. The van der Waals surface area contributed by atoms with Crippen molar-refractivity contribution in [3.05, 3.63) is 18.0 Å². The van der Waals surface area contributed by atoms with Crippen LogP contribution in [0.2, 0.25) is 0 Å². The van der Waals surface area contributed by atoms with Crippen LogP contribution in [0.15, 0.2) is 21.8 Å². The second-order valence-electron chi connectivity index (χ2n) is 5.25. The molecule has 1 aromatic heterocycles. The van der Waals surface area contributed by atoms with Gasteiger partial charge in [0.1, 0.15) is 12.0 Å². The van der Waals surface area contributed by atoms with Gasteiger partial charge < -0.3 is 15.2 Å². The highest BCUT2D eigenvalue weighted by Gasteiger charge is 2.34. The Hall–Kier alpha value is -1.52. The summed E-state index contributed by atoms with van der Waals surface area (Å²) in [5.41, 5.74) is 1.34. The average Bonchev–Trinajstić information content (AvgIpc) is 2.88. The van der Waals surface area contributed by atoms with E-state index in [9.17, 15) is 0 Å². The van der Waals surface area contributed by atoms with Crippen molar-refractivity contribution >= 4 is 5.96 Å². The van der Waals surface area contributed by atoms with E-state index in [-0.39, 0.29) is 0 Å². The molecule has 0 unspecified atom stereocenters. The van der Waals surface area contributed by atoms with Crippen molar-refractivity contribution in [3.8, 4) is 0 Å². The smallest absolute Gasteiger partial charge is 0.191 e. The Balaban J connectivity index is 1.86. The van der Waals surface area contributed by atoms with Crippen LogP contribution in [0, 0.1) is 5.41 Å². The van der Waals surface area contributed by atoms with E-state index in [1.807, 2.05) is 6.07 Å². The van der Waals surface area contributed by atoms with Gasteiger partial charge in [-0.15, -0.1) is 0 Å². The zero-order valence-corrected chi connectivity index (χ0v) is 11.9. The maximum Gasteiger partial charge on any atom is 0.191 e. The van der Waals surface area contributed by atoms with Crippen molar-refractivity contribution in [3.63, 3.8) is 0 Å². The van der Waals surface area contributed by atoms with E-state index >= 15 is 0 Å². The van der Waals surface area contributed by atoms with Crippen LogP contribution in [0.4, 0.5) is 0 Å². The third-order valence-electron chi connectivity index (χ3n) is 4.03. The molecule has 5 nitrogen and oxygen atoms in total.